The van der Waals surface area contributed by atoms with Crippen LogP contribution in [0.5, 0.6) is 5.75 Å². The van der Waals surface area contributed by atoms with Crippen molar-refractivity contribution in [3.8, 4) is 16.9 Å². The molecule has 0 spiro atoms. The van der Waals surface area contributed by atoms with Crippen molar-refractivity contribution in [3.63, 3.8) is 0 Å². The Hall–Kier alpha value is -2.10. The number of anilines is 1. The highest BCUT2D eigenvalue weighted by molar-refractivity contribution is 5.71. The average molecular weight is 249 g/mol. The molecule has 0 unspecified atom stereocenters. The number of hydrogen-bond acceptors (Lipinski definition) is 2. The minimum Gasteiger partial charge on any atom is -0.494 e. The van der Waals surface area contributed by atoms with E-state index in [2.05, 4.69) is 0 Å². The van der Waals surface area contributed by atoms with E-state index in [1.165, 1.54) is 31.4 Å². The molecule has 2 aromatic carbocycles. The largest absolute Gasteiger partial charge is 0.494 e. The van der Waals surface area contributed by atoms with Gasteiger partial charge < -0.3 is 10.5 Å². The van der Waals surface area contributed by atoms with Crippen molar-refractivity contribution in [3.05, 3.63) is 47.5 Å². The van der Waals surface area contributed by atoms with Crippen LogP contribution in [0.25, 0.3) is 11.1 Å². The summed E-state index contributed by atoms with van der Waals surface area (Å²) in [5, 5.41) is 0. The molecular weight excluding hydrogens is 236 g/mol. The molecule has 0 fully saturated rings. The van der Waals surface area contributed by atoms with Gasteiger partial charge in [-0.3, -0.25) is 0 Å². The first-order valence-electron chi connectivity index (χ1n) is 5.43. The fourth-order valence-electron chi connectivity index (χ4n) is 1.77. The van der Waals surface area contributed by atoms with E-state index in [0.29, 0.717) is 11.3 Å². The van der Waals surface area contributed by atoms with Gasteiger partial charge >= 0.3 is 0 Å². The first kappa shape index (κ1) is 12.4. The Morgan fingerprint density at radius 1 is 1.11 bits per heavy atom. The van der Waals surface area contributed by atoms with Crippen molar-refractivity contribution in [2.45, 2.75) is 6.92 Å². The van der Waals surface area contributed by atoms with Gasteiger partial charge in [-0.25, -0.2) is 8.78 Å². The van der Waals surface area contributed by atoms with Crippen LogP contribution in [0.1, 0.15) is 5.56 Å². The first-order chi connectivity index (χ1) is 8.54. The molecule has 0 heterocycles. The Bertz CT molecular complexity index is 597. The van der Waals surface area contributed by atoms with Crippen molar-refractivity contribution in [2.75, 3.05) is 12.8 Å². The third-order valence-electron chi connectivity index (χ3n) is 2.83. The van der Waals surface area contributed by atoms with Gasteiger partial charge in [0.1, 0.15) is 5.82 Å². The summed E-state index contributed by atoms with van der Waals surface area (Å²) < 4.78 is 32.8. The van der Waals surface area contributed by atoms with Crippen LogP contribution in [0.2, 0.25) is 0 Å². The van der Waals surface area contributed by atoms with E-state index in [1.54, 1.807) is 13.0 Å². The normalized spacial score (nSPS) is 10.4. The maximum Gasteiger partial charge on any atom is 0.172 e. The summed E-state index contributed by atoms with van der Waals surface area (Å²) in [6.07, 6.45) is 0. The van der Waals surface area contributed by atoms with E-state index in [9.17, 15) is 8.78 Å². The quantitative estimate of drug-likeness (QED) is 0.826. The second kappa shape index (κ2) is 4.64. The van der Waals surface area contributed by atoms with Crippen LogP contribution in [0.15, 0.2) is 30.3 Å². The van der Waals surface area contributed by atoms with Gasteiger partial charge in [0.25, 0.3) is 0 Å². The number of nitrogens with two attached hydrogens (primary N) is 1. The van der Waals surface area contributed by atoms with E-state index in [1.807, 2.05) is 0 Å². The van der Waals surface area contributed by atoms with Gasteiger partial charge in [-0.05, 0) is 30.7 Å². The number of aryl methyl sites for hydroxylation is 1. The fraction of sp³-hybridized carbons (Fsp3) is 0.143. The van der Waals surface area contributed by atoms with Crippen molar-refractivity contribution >= 4 is 5.69 Å². The third kappa shape index (κ3) is 2.01. The summed E-state index contributed by atoms with van der Waals surface area (Å²) in [7, 11) is 1.36. The summed E-state index contributed by atoms with van der Waals surface area (Å²) in [5.41, 5.74) is 7.05. The van der Waals surface area contributed by atoms with E-state index in [0.717, 1.165) is 0 Å². The summed E-state index contributed by atoms with van der Waals surface area (Å²) in [5.74, 6) is -1.03. The van der Waals surface area contributed by atoms with Gasteiger partial charge in [-0.15, -0.1) is 0 Å². The van der Waals surface area contributed by atoms with Crippen LogP contribution in [0.4, 0.5) is 14.5 Å². The summed E-state index contributed by atoms with van der Waals surface area (Å²) in [6.45, 7) is 1.70. The zero-order valence-electron chi connectivity index (χ0n) is 10.1. The third-order valence-corrected chi connectivity index (χ3v) is 2.83. The first-order valence-corrected chi connectivity index (χ1v) is 5.43. The minimum atomic E-state index is -0.595. The minimum absolute atomic E-state index is 0.0750. The smallest absolute Gasteiger partial charge is 0.172 e. The van der Waals surface area contributed by atoms with Crippen LogP contribution in [-0.2, 0) is 0 Å². The second-order valence-corrected chi connectivity index (χ2v) is 4.01. The average Bonchev–Trinajstić information content (AvgIpc) is 2.34. The molecule has 0 saturated carbocycles. The zero-order valence-corrected chi connectivity index (χ0v) is 10.1. The Morgan fingerprint density at radius 2 is 1.83 bits per heavy atom. The number of ether oxygens (including phenoxy) is 1. The van der Waals surface area contributed by atoms with Crippen molar-refractivity contribution in [1.29, 1.82) is 0 Å². The highest BCUT2D eigenvalue weighted by Crippen LogP contribution is 2.32. The van der Waals surface area contributed by atoms with Gasteiger partial charge in [0.2, 0.25) is 0 Å². The lowest BCUT2D eigenvalue weighted by atomic mass is 10.0. The molecule has 0 atom stereocenters. The number of rotatable bonds is 2. The molecule has 0 saturated heterocycles. The molecule has 2 aromatic rings. The van der Waals surface area contributed by atoms with E-state index in [4.69, 9.17) is 10.5 Å². The highest BCUT2D eigenvalue weighted by Gasteiger charge is 2.15. The molecule has 2 N–H and O–H groups in total. The van der Waals surface area contributed by atoms with Crippen LogP contribution >= 0.6 is 0 Å². The Balaban J connectivity index is 2.66. The molecule has 4 heteroatoms. The number of halogens is 2. The molecule has 0 aliphatic rings. The highest BCUT2D eigenvalue weighted by atomic mass is 19.1. The topological polar surface area (TPSA) is 35.2 Å². The lowest BCUT2D eigenvalue weighted by Crippen LogP contribution is -1.96. The Labute approximate surface area is 104 Å². The van der Waals surface area contributed by atoms with Gasteiger partial charge in [0.05, 0.1) is 7.11 Å². The predicted octanol–water partition coefficient (Wildman–Crippen LogP) is 3.53. The van der Waals surface area contributed by atoms with Crippen LogP contribution in [0.3, 0.4) is 0 Å². The molecule has 0 radical (unpaired) electrons. The predicted molar refractivity (Wildman–Crippen MR) is 67.5 cm³/mol. The lowest BCUT2D eigenvalue weighted by Gasteiger charge is -2.10. The van der Waals surface area contributed by atoms with Crippen LogP contribution < -0.4 is 10.5 Å². The van der Waals surface area contributed by atoms with E-state index in [-0.39, 0.29) is 16.9 Å². The summed E-state index contributed by atoms with van der Waals surface area (Å²) >= 11 is 0. The number of benzene rings is 2. The molecule has 0 aliphatic heterocycles. The van der Waals surface area contributed by atoms with Crippen LogP contribution in [-0.4, -0.2) is 7.11 Å². The van der Waals surface area contributed by atoms with Crippen LogP contribution in [0, 0.1) is 18.6 Å². The van der Waals surface area contributed by atoms with Gasteiger partial charge in [0, 0.05) is 16.8 Å². The number of methoxy groups -OCH3 is 1. The number of hydrogen-bond donors (Lipinski definition) is 1. The van der Waals surface area contributed by atoms with E-state index < -0.39 is 11.6 Å². The SMILES string of the molecule is COc1cccc(-c2cc(N)c(C)cc2F)c1F. The monoisotopic (exact) mass is 249 g/mol. The van der Waals surface area contributed by atoms with Gasteiger partial charge in [-0.2, -0.15) is 0 Å². The summed E-state index contributed by atoms with van der Waals surface area (Å²) in [6, 6.07) is 7.30. The molecular formula is C14H13F2NO. The maximum absolute atomic E-state index is 14.0. The number of nitrogen functional groups attached to an aromatic ring is 1. The van der Waals surface area contributed by atoms with Gasteiger partial charge in [-0.1, -0.05) is 12.1 Å². The Morgan fingerprint density at radius 3 is 2.50 bits per heavy atom. The molecule has 0 bridgehead atoms. The van der Waals surface area contributed by atoms with Gasteiger partial charge in [0.15, 0.2) is 11.6 Å². The molecule has 0 aromatic heterocycles. The van der Waals surface area contributed by atoms with Crippen molar-refractivity contribution in [1.82, 2.24) is 0 Å². The summed E-state index contributed by atoms with van der Waals surface area (Å²) in [4.78, 5) is 0. The molecule has 0 amide bonds. The Kier molecular flexibility index (Phi) is 3.19. The fourth-order valence-corrected chi connectivity index (χ4v) is 1.77. The molecule has 0 aliphatic carbocycles. The molecule has 2 rings (SSSR count). The molecule has 94 valence electrons. The lowest BCUT2D eigenvalue weighted by molar-refractivity contribution is 0.387. The van der Waals surface area contributed by atoms with Crippen molar-refractivity contribution in [2.24, 2.45) is 0 Å². The molecule has 18 heavy (non-hydrogen) atoms. The standard InChI is InChI=1S/C14H13F2NO/c1-8-6-11(15)10(7-12(8)17)9-4-3-5-13(18-2)14(9)16/h3-7H,17H2,1-2H3. The second-order valence-electron chi connectivity index (χ2n) is 4.01. The maximum atomic E-state index is 14.0. The zero-order chi connectivity index (χ0) is 13.3. The molecule has 2 nitrogen and oxygen atoms in total. The van der Waals surface area contributed by atoms with E-state index >= 15 is 0 Å². The van der Waals surface area contributed by atoms with Crippen molar-refractivity contribution < 1.29 is 13.5 Å².